The summed E-state index contributed by atoms with van der Waals surface area (Å²) in [6, 6.07) is 0.572. The minimum atomic E-state index is 0.572. The molecule has 18 heavy (non-hydrogen) atoms. The lowest BCUT2D eigenvalue weighted by Crippen LogP contribution is -2.34. The van der Waals surface area contributed by atoms with Crippen molar-refractivity contribution in [3.05, 3.63) is 16.4 Å². The first-order valence-corrected chi connectivity index (χ1v) is 7.48. The second-order valence-electron chi connectivity index (χ2n) is 5.29. The van der Waals surface area contributed by atoms with Gasteiger partial charge in [0.1, 0.15) is 0 Å². The summed E-state index contributed by atoms with van der Waals surface area (Å²) in [6.07, 6.45) is 5.81. The topological polar surface area (TPSA) is 29.9 Å². The first kappa shape index (κ1) is 13.9. The van der Waals surface area contributed by atoms with E-state index in [0.717, 1.165) is 36.0 Å². The predicted molar refractivity (Wildman–Crippen MR) is 76.1 cm³/mol. The molecule has 1 atom stereocenters. The van der Waals surface area contributed by atoms with Crippen LogP contribution in [0.2, 0.25) is 5.02 Å². The Morgan fingerprint density at radius 1 is 1.44 bits per heavy atom. The van der Waals surface area contributed by atoms with Crippen molar-refractivity contribution in [3.63, 3.8) is 0 Å². The van der Waals surface area contributed by atoms with Gasteiger partial charge in [0.25, 0.3) is 0 Å². The summed E-state index contributed by atoms with van der Waals surface area (Å²) in [7, 11) is 2.00. The molecule has 3 nitrogen and oxygen atoms in total. The lowest BCUT2D eigenvalue weighted by molar-refractivity contribution is 0.449. The maximum absolute atomic E-state index is 6.42. The smallest absolute Gasteiger partial charge is 0.0850 e. The van der Waals surface area contributed by atoms with E-state index in [2.05, 4.69) is 24.3 Å². The second kappa shape index (κ2) is 6.07. The standard InChI is InChI=1S/C14H24ClN3/c1-4-8-16-12(10-6-7-10)9-13-14(15)11(5-2)17-18(13)3/h10,12,16H,4-9H2,1-3H3. The summed E-state index contributed by atoms with van der Waals surface area (Å²) in [5.41, 5.74) is 2.22. The van der Waals surface area contributed by atoms with E-state index in [1.54, 1.807) is 0 Å². The molecule has 1 unspecified atom stereocenters. The van der Waals surface area contributed by atoms with E-state index in [9.17, 15) is 0 Å². The first-order chi connectivity index (χ1) is 8.67. The van der Waals surface area contributed by atoms with Crippen molar-refractivity contribution in [1.29, 1.82) is 0 Å². The molecular weight excluding hydrogens is 246 g/mol. The Labute approximate surface area is 115 Å². The van der Waals surface area contributed by atoms with Gasteiger partial charge >= 0.3 is 0 Å². The molecule has 1 aliphatic rings. The fraction of sp³-hybridized carbons (Fsp3) is 0.786. The van der Waals surface area contributed by atoms with Gasteiger partial charge in [-0.25, -0.2) is 0 Å². The van der Waals surface area contributed by atoms with Crippen LogP contribution in [0.5, 0.6) is 0 Å². The molecule has 2 rings (SSSR count). The maximum Gasteiger partial charge on any atom is 0.0850 e. The highest BCUT2D eigenvalue weighted by Crippen LogP contribution is 2.35. The van der Waals surface area contributed by atoms with Crippen molar-refractivity contribution in [3.8, 4) is 0 Å². The molecule has 4 heteroatoms. The van der Waals surface area contributed by atoms with Crippen LogP contribution in [0.15, 0.2) is 0 Å². The zero-order valence-corrected chi connectivity index (χ0v) is 12.4. The molecule has 102 valence electrons. The SMILES string of the molecule is CCCNC(Cc1c(Cl)c(CC)nn1C)C1CC1. The first-order valence-electron chi connectivity index (χ1n) is 7.11. The van der Waals surface area contributed by atoms with Crippen LogP contribution in [0, 0.1) is 5.92 Å². The lowest BCUT2D eigenvalue weighted by Gasteiger charge is -2.18. The average Bonchev–Trinajstić information content (AvgIpc) is 3.15. The fourth-order valence-electron chi connectivity index (χ4n) is 2.48. The molecule has 0 amide bonds. The van der Waals surface area contributed by atoms with Crippen molar-refractivity contribution < 1.29 is 0 Å². The van der Waals surface area contributed by atoms with E-state index >= 15 is 0 Å². The van der Waals surface area contributed by atoms with Gasteiger partial charge in [-0.15, -0.1) is 0 Å². The highest BCUT2D eigenvalue weighted by Gasteiger charge is 2.32. The molecule has 1 aliphatic carbocycles. The van der Waals surface area contributed by atoms with E-state index in [4.69, 9.17) is 11.6 Å². The molecule has 1 saturated carbocycles. The molecule has 0 saturated heterocycles. The molecule has 0 spiro atoms. The average molecular weight is 270 g/mol. The van der Waals surface area contributed by atoms with Crippen LogP contribution in [0.4, 0.5) is 0 Å². The summed E-state index contributed by atoms with van der Waals surface area (Å²) in [5.74, 6) is 0.840. The van der Waals surface area contributed by atoms with Crippen LogP contribution < -0.4 is 5.32 Å². The molecule has 1 fully saturated rings. The van der Waals surface area contributed by atoms with E-state index in [1.165, 1.54) is 25.0 Å². The van der Waals surface area contributed by atoms with Crippen LogP contribution in [-0.2, 0) is 19.9 Å². The van der Waals surface area contributed by atoms with E-state index in [0.29, 0.717) is 6.04 Å². The van der Waals surface area contributed by atoms with Crippen LogP contribution in [0.25, 0.3) is 0 Å². The van der Waals surface area contributed by atoms with Gasteiger partial charge in [-0.2, -0.15) is 5.10 Å². The highest BCUT2D eigenvalue weighted by molar-refractivity contribution is 6.31. The number of aromatic nitrogens is 2. The third kappa shape index (κ3) is 3.07. The predicted octanol–water partition coefficient (Wildman–Crippen LogP) is 2.96. The number of halogens is 1. The molecule has 1 heterocycles. The van der Waals surface area contributed by atoms with Gasteiger partial charge in [-0.3, -0.25) is 4.68 Å². The van der Waals surface area contributed by atoms with Gasteiger partial charge in [-0.05, 0) is 38.1 Å². The minimum Gasteiger partial charge on any atom is -0.313 e. The van der Waals surface area contributed by atoms with Gasteiger partial charge in [0.05, 0.1) is 16.4 Å². The Kier molecular flexibility index (Phi) is 4.68. The van der Waals surface area contributed by atoms with Gasteiger partial charge in [0, 0.05) is 19.5 Å². The van der Waals surface area contributed by atoms with Crippen LogP contribution >= 0.6 is 11.6 Å². The third-order valence-electron chi connectivity index (χ3n) is 3.76. The molecule has 0 aromatic carbocycles. The Hall–Kier alpha value is -0.540. The van der Waals surface area contributed by atoms with Crippen molar-refractivity contribution in [2.75, 3.05) is 6.54 Å². The van der Waals surface area contributed by atoms with Gasteiger partial charge in [0.15, 0.2) is 0 Å². The van der Waals surface area contributed by atoms with Crippen molar-refractivity contribution >= 4 is 11.6 Å². The third-order valence-corrected chi connectivity index (χ3v) is 4.20. The zero-order valence-electron chi connectivity index (χ0n) is 11.7. The van der Waals surface area contributed by atoms with Gasteiger partial charge in [-0.1, -0.05) is 25.4 Å². The van der Waals surface area contributed by atoms with E-state index in [1.807, 2.05) is 11.7 Å². The normalized spacial score (nSPS) is 17.1. The summed E-state index contributed by atoms with van der Waals surface area (Å²) < 4.78 is 1.96. The quantitative estimate of drug-likeness (QED) is 0.825. The van der Waals surface area contributed by atoms with Crippen LogP contribution in [-0.4, -0.2) is 22.4 Å². The van der Waals surface area contributed by atoms with E-state index in [-0.39, 0.29) is 0 Å². The molecule has 0 aliphatic heterocycles. The molecule has 1 aromatic heterocycles. The molecule has 1 N–H and O–H groups in total. The molecule has 0 radical (unpaired) electrons. The van der Waals surface area contributed by atoms with E-state index < -0.39 is 0 Å². The van der Waals surface area contributed by atoms with Gasteiger partial charge in [0.2, 0.25) is 0 Å². The van der Waals surface area contributed by atoms with Crippen LogP contribution in [0.3, 0.4) is 0 Å². The summed E-state index contributed by atoms with van der Waals surface area (Å²) >= 11 is 6.42. The Morgan fingerprint density at radius 2 is 2.17 bits per heavy atom. The zero-order chi connectivity index (χ0) is 13.1. The highest BCUT2D eigenvalue weighted by atomic mass is 35.5. The summed E-state index contributed by atoms with van der Waals surface area (Å²) in [4.78, 5) is 0. The van der Waals surface area contributed by atoms with Gasteiger partial charge < -0.3 is 5.32 Å². The number of nitrogens with one attached hydrogen (secondary N) is 1. The monoisotopic (exact) mass is 269 g/mol. The second-order valence-corrected chi connectivity index (χ2v) is 5.66. The van der Waals surface area contributed by atoms with Crippen molar-refractivity contribution in [2.45, 2.75) is 52.0 Å². The minimum absolute atomic E-state index is 0.572. The summed E-state index contributed by atoms with van der Waals surface area (Å²) in [6.45, 7) is 5.41. The Balaban J connectivity index is 2.08. The number of hydrogen-bond donors (Lipinski definition) is 1. The number of rotatable bonds is 7. The van der Waals surface area contributed by atoms with Crippen LogP contribution in [0.1, 0.15) is 44.5 Å². The molecule has 1 aromatic rings. The van der Waals surface area contributed by atoms with Crippen molar-refractivity contribution in [1.82, 2.24) is 15.1 Å². The Bertz CT molecular complexity index is 396. The fourth-order valence-corrected chi connectivity index (χ4v) is 2.85. The number of aryl methyl sites for hydroxylation is 2. The Morgan fingerprint density at radius 3 is 2.67 bits per heavy atom. The molecular formula is C14H24ClN3. The maximum atomic E-state index is 6.42. The summed E-state index contributed by atoms with van der Waals surface area (Å²) in [5, 5.41) is 9.04. The largest absolute Gasteiger partial charge is 0.313 e. The number of hydrogen-bond acceptors (Lipinski definition) is 2. The number of nitrogens with zero attached hydrogens (tertiary/aromatic N) is 2. The molecule has 0 bridgehead atoms. The van der Waals surface area contributed by atoms with Crippen molar-refractivity contribution in [2.24, 2.45) is 13.0 Å². The lowest BCUT2D eigenvalue weighted by atomic mass is 10.1.